The number of nitrogens with zero attached hydrogens (tertiary/aromatic N) is 1. The van der Waals surface area contributed by atoms with Crippen LogP contribution in [0.5, 0.6) is 11.5 Å². The molecule has 1 aliphatic heterocycles. The fraction of sp³-hybridized carbons (Fsp3) is 0.0500. The third-order valence-corrected chi connectivity index (χ3v) is 4.61. The molecule has 0 fully saturated rings. The molecule has 0 saturated heterocycles. The van der Waals surface area contributed by atoms with Crippen LogP contribution in [0.15, 0.2) is 66.1 Å². The van der Waals surface area contributed by atoms with Gasteiger partial charge < -0.3 is 15.6 Å². The summed E-state index contributed by atoms with van der Waals surface area (Å²) in [5.41, 5.74) is 7.79. The monoisotopic (exact) mass is 348 g/mol. The van der Waals surface area contributed by atoms with Gasteiger partial charge in [0.15, 0.2) is 11.5 Å². The van der Waals surface area contributed by atoms with E-state index in [1.165, 1.54) is 0 Å². The molecule has 4 nitrogen and oxygen atoms in total. The molecule has 122 valence electrons. The van der Waals surface area contributed by atoms with E-state index in [0.717, 1.165) is 16.3 Å². The average molecular weight is 349 g/mol. The van der Waals surface area contributed by atoms with Crippen molar-refractivity contribution in [2.75, 3.05) is 0 Å². The molecule has 1 heterocycles. The number of hydrogen-bond acceptors (Lipinski definition) is 4. The van der Waals surface area contributed by atoms with Gasteiger partial charge in [-0.05, 0) is 34.5 Å². The quantitative estimate of drug-likeness (QED) is 0.682. The number of halogens is 1. The Kier molecular flexibility index (Phi) is 3.52. The summed E-state index contributed by atoms with van der Waals surface area (Å²) in [6.45, 7) is 0. The fourth-order valence-electron chi connectivity index (χ4n) is 3.33. The van der Waals surface area contributed by atoms with Gasteiger partial charge in [0.1, 0.15) is 11.6 Å². The van der Waals surface area contributed by atoms with Gasteiger partial charge in [-0.3, -0.25) is 0 Å². The molecule has 0 saturated carbocycles. The molecule has 0 bridgehead atoms. The Morgan fingerprint density at radius 1 is 1.12 bits per heavy atom. The van der Waals surface area contributed by atoms with Crippen LogP contribution in [0.2, 0.25) is 5.02 Å². The van der Waals surface area contributed by atoms with Crippen LogP contribution in [0.4, 0.5) is 0 Å². The van der Waals surface area contributed by atoms with Crippen molar-refractivity contribution >= 4 is 22.4 Å². The molecule has 0 radical (unpaired) electrons. The van der Waals surface area contributed by atoms with Crippen LogP contribution >= 0.6 is 11.6 Å². The number of nitrogens with two attached hydrogens (primary N) is 1. The van der Waals surface area contributed by atoms with Gasteiger partial charge in [-0.2, -0.15) is 5.26 Å². The van der Waals surface area contributed by atoms with E-state index >= 15 is 0 Å². The van der Waals surface area contributed by atoms with Crippen molar-refractivity contribution in [3.05, 3.63) is 82.2 Å². The highest BCUT2D eigenvalue weighted by molar-refractivity contribution is 6.30. The van der Waals surface area contributed by atoms with Crippen LogP contribution in [0.3, 0.4) is 0 Å². The van der Waals surface area contributed by atoms with Crippen LogP contribution in [-0.4, -0.2) is 5.11 Å². The van der Waals surface area contributed by atoms with E-state index in [1.54, 1.807) is 18.2 Å². The van der Waals surface area contributed by atoms with Crippen molar-refractivity contribution in [1.29, 1.82) is 5.26 Å². The zero-order chi connectivity index (χ0) is 17.6. The van der Waals surface area contributed by atoms with Crippen LogP contribution in [0.25, 0.3) is 10.8 Å². The molecule has 0 aliphatic carbocycles. The number of hydrogen-bond donors (Lipinski definition) is 2. The first kappa shape index (κ1) is 15.4. The van der Waals surface area contributed by atoms with Crippen LogP contribution in [0, 0.1) is 11.3 Å². The lowest BCUT2D eigenvalue weighted by molar-refractivity contribution is 0.360. The standard InChI is InChI=1S/C20H13ClN2O2/c21-13-6-3-5-12(8-13)17-15(10-22)20(23)25-19-16(24)9-11-4-1-2-7-14(11)18(17)19/h1-9,17,24H,23H2/t17-/m0/s1. The minimum Gasteiger partial charge on any atom is -0.504 e. The van der Waals surface area contributed by atoms with Crippen molar-refractivity contribution in [3.63, 3.8) is 0 Å². The number of benzene rings is 3. The summed E-state index contributed by atoms with van der Waals surface area (Å²) in [4.78, 5) is 0. The summed E-state index contributed by atoms with van der Waals surface area (Å²) in [5, 5.41) is 22.4. The van der Waals surface area contributed by atoms with Gasteiger partial charge >= 0.3 is 0 Å². The Morgan fingerprint density at radius 2 is 1.92 bits per heavy atom. The van der Waals surface area contributed by atoms with E-state index in [-0.39, 0.29) is 17.4 Å². The molecule has 4 rings (SSSR count). The Labute approximate surface area is 149 Å². The van der Waals surface area contributed by atoms with Gasteiger partial charge in [-0.25, -0.2) is 0 Å². The number of phenols is 1. The first-order chi connectivity index (χ1) is 12.1. The molecule has 0 unspecified atom stereocenters. The second kappa shape index (κ2) is 5.73. The number of fused-ring (bicyclic) bond motifs is 3. The van der Waals surface area contributed by atoms with Gasteiger partial charge in [0.05, 0.1) is 5.92 Å². The highest BCUT2D eigenvalue weighted by Gasteiger charge is 2.34. The molecule has 1 aliphatic rings. The van der Waals surface area contributed by atoms with Gasteiger partial charge in [-0.15, -0.1) is 0 Å². The third kappa shape index (κ3) is 2.37. The second-order valence-electron chi connectivity index (χ2n) is 5.84. The number of allylic oxidation sites excluding steroid dienone is 1. The molecule has 0 spiro atoms. The molecule has 3 aromatic rings. The first-order valence-corrected chi connectivity index (χ1v) is 8.05. The minimum absolute atomic E-state index is 0.00874. The third-order valence-electron chi connectivity index (χ3n) is 4.38. The van der Waals surface area contributed by atoms with E-state index in [9.17, 15) is 10.4 Å². The predicted molar refractivity (Wildman–Crippen MR) is 96.4 cm³/mol. The fourth-order valence-corrected chi connectivity index (χ4v) is 3.52. The molecular weight excluding hydrogens is 336 g/mol. The lowest BCUT2D eigenvalue weighted by Gasteiger charge is -2.28. The van der Waals surface area contributed by atoms with Crippen molar-refractivity contribution in [1.82, 2.24) is 0 Å². The zero-order valence-corrected chi connectivity index (χ0v) is 13.8. The van der Waals surface area contributed by atoms with Crippen LogP contribution in [-0.2, 0) is 0 Å². The lowest BCUT2D eigenvalue weighted by atomic mass is 9.81. The summed E-state index contributed by atoms with van der Waals surface area (Å²) in [6.07, 6.45) is 0. The maximum absolute atomic E-state index is 10.4. The van der Waals surface area contributed by atoms with Gasteiger partial charge in [-0.1, -0.05) is 48.0 Å². The number of phenolic OH excluding ortho intramolecular Hbond substituents is 1. The first-order valence-electron chi connectivity index (χ1n) is 7.68. The SMILES string of the molecule is N#CC1=C(N)Oc2c(O)cc3ccccc3c2[C@H]1c1cccc(Cl)c1. The molecule has 3 aromatic carbocycles. The highest BCUT2D eigenvalue weighted by atomic mass is 35.5. The number of aromatic hydroxyl groups is 1. The highest BCUT2D eigenvalue weighted by Crippen LogP contribution is 2.49. The molecule has 25 heavy (non-hydrogen) atoms. The van der Waals surface area contributed by atoms with E-state index in [4.69, 9.17) is 22.1 Å². The predicted octanol–water partition coefficient (Wildman–Crippen LogP) is 4.42. The molecule has 5 heteroatoms. The molecule has 0 aromatic heterocycles. The number of rotatable bonds is 1. The second-order valence-corrected chi connectivity index (χ2v) is 6.28. The summed E-state index contributed by atoms with van der Waals surface area (Å²) in [6, 6.07) is 18.7. The van der Waals surface area contributed by atoms with E-state index in [2.05, 4.69) is 6.07 Å². The van der Waals surface area contributed by atoms with Crippen molar-refractivity contribution in [3.8, 4) is 17.6 Å². The van der Waals surface area contributed by atoms with E-state index in [1.807, 2.05) is 36.4 Å². The van der Waals surface area contributed by atoms with Gasteiger partial charge in [0, 0.05) is 10.6 Å². The van der Waals surface area contributed by atoms with Crippen LogP contribution in [0.1, 0.15) is 17.0 Å². The number of ether oxygens (including phenoxy) is 1. The average Bonchev–Trinajstić information content (AvgIpc) is 2.61. The van der Waals surface area contributed by atoms with E-state index < -0.39 is 5.92 Å². The number of nitriles is 1. The Balaban J connectivity index is 2.11. The maximum atomic E-state index is 10.4. The normalized spacial score (nSPS) is 16.2. The summed E-state index contributed by atoms with van der Waals surface area (Å²) in [5.74, 6) is -0.212. The smallest absolute Gasteiger partial charge is 0.205 e. The van der Waals surface area contributed by atoms with Crippen LogP contribution < -0.4 is 10.5 Å². The summed E-state index contributed by atoms with van der Waals surface area (Å²) < 4.78 is 5.61. The van der Waals surface area contributed by atoms with Gasteiger partial charge in [0.2, 0.25) is 5.88 Å². The van der Waals surface area contributed by atoms with E-state index in [0.29, 0.717) is 16.2 Å². The van der Waals surface area contributed by atoms with Gasteiger partial charge in [0.25, 0.3) is 0 Å². The lowest BCUT2D eigenvalue weighted by Crippen LogP contribution is -2.21. The minimum atomic E-state index is -0.468. The van der Waals surface area contributed by atoms with Crippen molar-refractivity contribution in [2.24, 2.45) is 5.73 Å². The molecular formula is C20H13ClN2O2. The molecule has 1 atom stereocenters. The Hall–Kier alpha value is -3.16. The summed E-state index contributed by atoms with van der Waals surface area (Å²) >= 11 is 6.16. The largest absolute Gasteiger partial charge is 0.504 e. The Morgan fingerprint density at radius 3 is 2.68 bits per heavy atom. The maximum Gasteiger partial charge on any atom is 0.205 e. The zero-order valence-electron chi connectivity index (χ0n) is 13.0. The molecule has 3 N–H and O–H groups in total. The van der Waals surface area contributed by atoms with Crippen molar-refractivity contribution < 1.29 is 9.84 Å². The molecule has 0 amide bonds. The van der Waals surface area contributed by atoms with Crippen molar-refractivity contribution in [2.45, 2.75) is 5.92 Å². The topological polar surface area (TPSA) is 79.3 Å². The summed E-state index contributed by atoms with van der Waals surface area (Å²) in [7, 11) is 0. The Bertz CT molecular complexity index is 1080.